The largest absolute Gasteiger partial charge is 0.340 e. The van der Waals surface area contributed by atoms with E-state index in [1.807, 2.05) is 0 Å². The zero-order valence-corrected chi connectivity index (χ0v) is 14.0. The van der Waals surface area contributed by atoms with E-state index in [0.717, 1.165) is 44.6 Å². The van der Waals surface area contributed by atoms with Crippen LogP contribution in [-0.2, 0) is 4.79 Å². The topological polar surface area (TPSA) is 46.3 Å². The molecule has 0 aromatic rings. The molecule has 0 atom stereocenters. The minimum Gasteiger partial charge on any atom is -0.340 e. The van der Waals surface area contributed by atoms with E-state index < -0.39 is 0 Å². The number of carbonyl (C=O) groups is 1. The van der Waals surface area contributed by atoms with Gasteiger partial charge in [-0.25, -0.2) is 0 Å². The Bertz CT molecular complexity index is 293. The molecule has 1 amide bonds. The van der Waals surface area contributed by atoms with Gasteiger partial charge in [0.1, 0.15) is 0 Å². The van der Waals surface area contributed by atoms with E-state index in [9.17, 15) is 4.79 Å². The van der Waals surface area contributed by atoms with Crippen LogP contribution in [0, 0.1) is 11.3 Å². The van der Waals surface area contributed by atoms with Gasteiger partial charge in [-0.05, 0) is 51.9 Å². The van der Waals surface area contributed by atoms with E-state index in [1.54, 1.807) is 0 Å². The first-order valence-electron chi connectivity index (χ1n) is 8.48. The summed E-state index contributed by atoms with van der Waals surface area (Å²) in [5.74, 6) is 1.06. The summed E-state index contributed by atoms with van der Waals surface area (Å²) in [5.41, 5.74) is 5.76. The maximum atomic E-state index is 13.0. The second-order valence-electron chi connectivity index (χ2n) is 6.97. The first-order valence-corrected chi connectivity index (χ1v) is 8.48. The summed E-state index contributed by atoms with van der Waals surface area (Å²) in [5, 5.41) is 0. The third-order valence-corrected chi connectivity index (χ3v) is 4.96. The van der Waals surface area contributed by atoms with E-state index >= 15 is 0 Å². The molecule has 118 valence electrons. The monoisotopic (exact) mass is 282 g/mol. The summed E-state index contributed by atoms with van der Waals surface area (Å²) >= 11 is 0. The van der Waals surface area contributed by atoms with Crippen LogP contribution in [0.5, 0.6) is 0 Å². The molecule has 0 aromatic carbocycles. The van der Waals surface area contributed by atoms with Gasteiger partial charge in [0, 0.05) is 19.1 Å². The predicted molar refractivity (Wildman–Crippen MR) is 85.5 cm³/mol. The number of nitrogens with zero attached hydrogens (tertiary/aromatic N) is 1. The standard InChI is InChI=1S/C17H34N2O/c1-5-6-7-12-19(14(2)3)16(20)17(13-18)10-8-15(4)9-11-17/h14-15H,5-13,18H2,1-4H3. The number of hydrogen-bond acceptors (Lipinski definition) is 2. The van der Waals surface area contributed by atoms with E-state index in [2.05, 4.69) is 32.6 Å². The highest BCUT2D eigenvalue weighted by Gasteiger charge is 2.42. The third-order valence-electron chi connectivity index (χ3n) is 4.96. The molecule has 2 N–H and O–H groups in total. The lowest BCUT2D eigenvalue weighted by atomic mass is 9.70. The lowest BCUT2D eigenvalue weighted by Gasteiger charge is -2.42. The van der Waals surface area contributed by atoms with Gasteiger partial charge in [-0.2, -0.15) is 0 Å². The van der Waals surface area contributed by atoms with Crippen LogP contribution in [0.15, 0.2) is 0 Å². The zero-order valence-electron chi connectivity index (χ0n) is 14.0. The highest BCUT2D eigenvalue weighted by molar-refractivity contribution is 5.83. The molecule has 0 bridgehead atoms. The molecule has 1 saturated carbocycles. The van der Waals surface area contributed by atoms with Crippen LogP contribution in [0.2, 0.25) is 0 Å². The Hall–Kier alpha value is -0.570. The molecule has 0 aliphatic heterocycles. The maximum Gasteiger partial charge on any atom is 0.230 e. The van der Waals surface area contributed by atoms with Crippen LogP contribution in [0.1, 0.15) is 72.6 Å². The number of amides is 1. The molecule has 1 rings (SSSR count). The summed E-state index contributed by atoms with van der Waals surface area (Å²) in [4.78, 5) is 15.1. The Kier molecular flexibility index (Phi) is 7.01. The SMILES string of the molecule is CCCCCN(C(=O)C1(CN)CCC(C)CC1)C(C)C. The van der Waals surface area contributed by atoms with Gasteiger partial charge < -0.3 is 10.6 Å². The number of unbranched alkanes of at least 4 members (excludes halogenated alkanes) is 2. The molecule has 1 fully saturated rings. The third kappa shape index (κ3) is 4.21. The van der Waals surface area contributed by atoms with Crippen molar-refractivity contribution in [3.05, 3.63) is 0 Å². The van der Waals surface area contributed by atoms with Crippen molar-refractivity contribution in [2.24, 2.45) is 17.1 Å². The van der Waals surface area contributed by atoms with Gasteiger partial charge in [-0.1, -0.05) is 26.7 Å². The minimum absolute atomic E-state index is 0.275. The summed E-state index contributed by atoms with van der Waals surface area (Å²) in [6.45, 7) is 10.1. The van der Waals surface area contributed by atoms with Crippen LogP contribution in [0.3, 0.4) is 0 Å². The van der Waals surface area contributed by atoms with Crippen molar-refractivity contribution in [1.29, 1.82) is 0 Å². The molecule has 0 spiro atoms. The quantitative estimate of drug-likeness (QED) is 0.726. The number of hydrogen-bond donors (Lipinski definition) is 1. The molecular weight excluding hydrogens is 248 g/mol. The van der Waals surface area contributed by atoms with Gasteiger partial charge in [-0.15, -0.1) is 0 Å². The van der Waals surface area contributed by atoms with Gasteiger partial charge >= 0.3 is 0 Å². The number of rotatable bonds is 7. The fraction of sp³-hybridized carbons (Fsp3) is 0.941. The lowest BCUT2D eigenvalue weighted by molar-refractivity contribution is -0.146. The molecular formula is C17H34N2O. The second kappa shape index (κ2) is 8.02. The molecule has 20 heavy (non-hydrogen) atoms. The van der Waals surface area contributed by atoms with Crippen LogP contribution >= 0.6 is 0 Å². The van der Waals surface area contributed by atoms with Crippen molar-refractivity contribution in [3.8, 4) is 0 Å². The fourth-order valence-corrected chi connectivity index (χ4v) is 3.25. The Balaban J connectivity index is 2.75. The first kappa shape index (κ1) is 17.5. The van der Waals surface area contributed by atoms with Crippen molar-refractivity contribution in [1.82, 2.24) is 4.90 Å². The highest BCUT2D eigenvalue weighted by atomic mass is 16.2. The maximum absolute atomic E-state index is 13.0. The van der Waals surface area contributed by atoms with E-state index in [1.165, 1.54) is 12.8 Å². The van der Waals surface area contributed by atoms with Gasteiger partial charge in [0.2, 0.25) is 5.91 Å². The lowest BCUT2D eigenvalue weighted by Crippen LogP contribution is -2.52. The smallest absolute Gasteiger partial charge is 0.230 e. The van der Waals surface area contributed by atoms with Crippen LogP contribution in [0.25, 0.3) is 0 Å². The molecule has 3 heteroatoms. The average molecular weight is 282 g/mol. The van der Waals surface area contributed by atoms with Crippen LogP contribution < -0.4 is 5.73 Å². The molecule has 0 unspecified atom stereocenters. The van der Waals surface area contributed by atoms with Crippen LogP contribution in [-0.4, -0.2) is 29.9 Å². The Morgan fingerprint density at radius 1 is 1.30 bits per heavy atom. The van der Waals surface area contributed by atoms with Gasteiger partial charge in [0.15, 0.2) is 0 Å². The van der Waals surface area contributed by atoms with E-state index in [-0.39, 0.29) is 11.5 Å². The first-order chi connectivity index (χ1) is 9.46. The summed E-state index contributed by atoms with van der Waals surface area (Å²) in [6.07, 6.45) is 7.73. The molecule has 3 nitrogen and oxygen atoms in total. The molecule has 0 radical (unpaired) electrons. The molecule has 0 heterocycles. The Morgan fingerprint density at radius 2 is 1.90 bits per heavy atom. The van der Waals surface area contributed by atoms with E-state index in [0.29, 0.717) is 12.5 Å². The van der Waals surface area contributed by atoms with Gasteiger partial charge in [0.25, 0.3) is 0 Å². The second-order valence-corrected chi connectivity index (χ2v) is 6.97. The van der Waals surface area contributed by atoms with Gasteiger partial charge in [0.05, 0.1) is 5.41 Å². The Labute approximate surface area is 125 Å². The minimum atomic E-state index is -0.275. The number of carbonyl (C=O) groups excluding carboxylic acids is 1. The summed E-state index contributed by atoms with van der Waals surface area (Å²) < 4.78 is 0. The van der Waals surface area contributed by atoms with Crippen molar-refractivity contribution < 1.29 is 4.79 Å². The molecule has 0 aromatic heterocycles. The van der Waals surface area contributed by atoms with E-state index in [4.69, 9.17) is 5.73 Å². The van der Waals surface area contributed by atoms with Gasteiger partial charge in [-0.3, -0.25) is 4.79 Å². The predicted octanol–water partition coefficient (Wildman–Crippen LogP) is 3.57. The van der Waals surface area contributed by atoms with Crippen molar-refractivity contribution in [3.63, 3.8) is 0 Å². The summed E-state index contributed by atoms with van der Waals surface area (Å²) in [7, 11) is 0. The Morgan fingerprint density at radius 3 is 2.35 bits per heavy atom. The van der Waals surface area contributed by atoms with Crippen molar-refractivity contribution >= 4 is 5.91 Å². The fourth-order valence-electron chi connectivity index (χ4n) is 3.25. The normalized spacial score (nSPS) is 26.8. The zero-order chi connectivity index (χ0) is 15.2. The molecule has 0 saturated heterocycles. The van der Waals surface area contributed by atoms with Crippen molar-refractivity contribution in [2.75, 3.05) is 13.1 Å². The molecule has 1 aliphatic carbocycles. The average Bonchev–Trinajstić information content (AvgIpc) is 2.44. The molecule has 1 aliphatic rings. The van der Waals surface area contributed by atoms with Crippen LogP contribution in [0.4, 0.5) is 0 Å². The highest BCUT2D eigenvalue weighted by Crippen LogP contribution is 2.40. The number of nitrogens with two attached hydrogens (primary N) is 1. The summed E-state index contributed by atoms with van der Waals surface area (Å²) in [6, 6.07) is 0.280. The van der Waals surface area contributed by atoms with Crippen molar-refractivity contribution in [2.45, 2.75) is 78.7 Å².